The molecule has 6 aliphatic rings. The zero-order valence-corrected chi connectivity index (χ0v) is 32.4. The Hall–Kier alpha value is -4.35. The monoisotopic (exact) mass is 774 g/mol. The van der Waals surface area contributed by atoms with Crippen molar-refractivity contribution in [1.29, 1.82) is 0 Å². The van der Waals surface area contributed by atoms with E-state index in [2.05, 4.69) is 0 Å². The minimum Gasteiger partial charge on any atom is -0.472 e. The lowest BCUT2D eigenvalue weighted by Crippen LogP contribution is -2.96. The van der Waals surface area contributed by atoms with Crippen LogP contribution >= 0.6 is 0 Å². The Kier molecular flexibility index (Phi) is 8.37. The number of carbonyl (C=O) groups excluding carboxylic acids is 7. The molecule has 2 spiro atoms. The van der Waals surface area contributed by atoms with Gasteiger partial charge in [0.25, 0.3) is 5.97 Å². The van der Waals surface area contributed by atoms with Gasteiger partial charge in [-0.2, -0.15) is 0 Å². The lowest BCUT2D eigenvalue weighted by molar-refractivity contribution is -0.485. The Morgan fingerprint density at radius 3 is 1.85 bits per heavy atom. The van der Waals surface area contributed by atoms with Gasteiger partial charge in [0, 0.05) is 69.6 Å². The Bertz CT molecular complexity index is 1890. The minimum atomic E-state index is -2.36. The summed E-state index contributed by atoms with van der Waals surface area (Å²) in [5, 5.41) is 0. The van der Waals surface area contributed by atoms with Crippen LogP contribution in [-0.4, -0.2) is 103 Å². The first-order valence-electron chi connectivity index (χ1n) is 18.1. The molecule has 2 aliphatic heterocycles. The second kappa shape index (κ2) is 11.8. The maximum Gasteiger partial charge on any atom is 0.305 e. The average Bonchev–Trinajstić information content (AvgIpc) is 3.79. The predicted molar refractivity (Wildman–Crippen MR) is 178 cm³/mol. The molecule has 4 bridgehead atoms. The fourth-order valence-electron chi connectivity index (χ4n) is 12.7. The second-order valence-corrected chi connectivity index (χ2v) is 16.5. The van der Waals surface area contributed by atoms with Crippen molar-refractivity contribution in [1.82, 2.24) is 0 Å². The number of hydrogen-bond donors (Lipinski definition) is 0. The maximum atomic E-state index is 15.0. The zero-order valence-electron chi connectivity index (χ0n) is 32.4. The van der Waals surface area contributed by atoms with E-state index in [-0.39, 0.29) is 24.8 Å². The van der Waals surface area contributed by atoms with Crippen LogP contribution in [0.3, 0.4) is 0 Å². The topological polar surface area (TPSA) is 216 Å². The summed E-state index contributed by atoms with van der Waals surface area (Å²) in [6, 6.07) is 1.43. The van der Waals surface area contributed by atoms with Gasteiger partial charge < -0.3 is 47.0 Å². The molecule has 17 heteroatoms. The molecule has 13 atom stereocenters. The SMILES string of the molecule is COC(=O)CC1C(C)(C(=O)c2ccoc2)CC(OC(C)=O)C23OC4(C)OC12C(OC(C)=O)C1(OC(C)=O)C(OC(C)=O)C2(C)CC1(O4)C3(C)C2CC(=O)OC. The third-order valence-corrected chi connectivity index (χ3v) is 13.8. The summed E-state index contributed by atoms with van der Waals surface area (Å²) in [5.41, 5.74) is -13.4. The molecule has 3 heterocycles. The van der Waals surface area contributed by atoms with Crippen molar-refractivity contribution >= 4 is 41.6 Å². The lowest BCUT2D eigenvalue weighted by Gasteiger charge is -2.77. The standard InChI is InChI=1S/C38H46O17/c1-18(39)49-25-15-31(5,28(45)22-11-12-48-16-22)24(14-27(44)47-10)36-30(51-20(3)41)37(52-21(4)42)29(50-19(2)40)32(6)17-35(37)33(7,23(32)13-26(43)46-9)38(25,36)55-34(8,53-35)54-36/h11-12,16,23-25,29-30H,13-15,17H2,1-10H3. The van der Waals surface area contributed by atoms with Crippen LogP contribution in [0.25, 0.3) is 0 Å². The van der Waals surface area contributed by atoms with Crippen molar-refractivity contribution in [2.45, 2.75) is 128 Å². The van der Waals surface area contributed by atoms with Crippen molar-refractivity contribution in [3.63, 3.8) is 0 Å². The third-order valence-electron chi connectivity index (χ3n) is 13.8. The summed E-state index contributed by atoms with van der Waals surface area (Å²) in [6.07, 6.45) is -3.72. The van der Waals surface area contributed by atoms with E-state index >= 15 is 4.79 Å². The first-order valence-corrected chi connectivity index (χ1v) is 18.1. The normalized spacial score (nSPS) is 45.2. The highest BCUT2D eigenvalue weighted by atomic mass is 16.9. The number of hydrogen-bond acceptors (Lipinski definition) is 17. The first kappa shape index (κ1) is 38.9. The summed E-state index contributed by atoms with van der Waals surface area (Å²) >= 11 is 0. The number of rotatable bonds is 10. The molecule has 13 unspecified atom stereocenters. The van der Waals surface area contributed by atoms with Crippen LogP contribution in [0, 0.1) is 28.1 Å². The fraction of sp³-hybridized carbons (Fsp3) is 0.711. The van der Waals surface area contributed by atoms with Crippen LogP contribution < -0.4 is 0 Å². The molecule has 7 rings (SSSR count). The number of esters is 6. The molecule has 4 saturated carbocycles. The molecule has 0 radical (unpaired) electrons. The number of ketones is 1. The number of Topliss-reactive ketones (excluding diaryl/α,β-unsaturated/α-hetero) is 1. The number of furan rings is 1. The molecule has 17 nitrogen and oxygen atoms in total. The highest BCUT2D eigenvalue weighted by Crippen LogP contribution is 2.90. The number of methoxy groups -OCH3 is 2. The van der Waals surface area contributed by atoms with Gasteiger partial charge in [-0.15, -0.1) is 0 Å². The van der Waals surface area contributed by atoms with Gasteiger partial charge >= 0.3 is 35.8 Å². The average molecular weight is 775 g/mol. The van der Waals surface area contributed by atoms with E-state index in [1.54, 1.807) is 20.8 Å². The Labute approximate surface area is 316 Å². The van der Waals surface area contributed by atoms with Gasteiger partial charge in [0.15, 0.2) is 29.2 Å². The van der Waals surface area contributed by atoms with Gasteiger partial charge in [0.2, 0.25) is 5.60 Å². The maximum absolute atomic E-state index is 15.0. The van der Waals surface area contributed by atoms with Gasteiger partial charge in [-0.25, -0.2) is 0 Å². The Balaban J connectivity index is 1.71. The first-order chi connectivity index (χ1) is 25.6. The van der Waals surface area contributed by atoms with E-state index < -0.39 is 123 Å². The van der Waals surface area contributed by atoms with E-state index in [9.17, 15) is 28.8 Å². The van der Waals surface area contributed by atoms with Gasteiger partial charge in [-0.1, -0.05) is 20.8 Å². The van der Waals surface area contributed by atoms with Crippen molar-refractivity contribution < 1.29 is 80.6 Å². The number of carbonyl (C=O) groups is 7. The van der Waals surface area contributed by atoms with Gasteiger partial charge in [0.05, 0.1) is 32.5 Å². The van der Waals surface area contributed by atoms with E-state index in [0.29, 0.717) is 0 Å². The zero-order chi connectivity index (χ0) is 40.5. The highest BCUT2D eigenvalue weighted by molar-refractivity contribution is 6.01. The molecule has 0 N–H and O–H groups in total. The number of fused-ring (bicyclic) bond motifs is 2. The highest BCUT2D eigenvalue weighted by Gasteiger charge is 3.06. The molecule has 55 heavy (non-hydrogen) atoms. The Morgan fingerprint density at radius 2 is 1.33 bits per heavy atom. The third kappa shape index (κ3) is 4.37. The summed E-state index contributed by atoms with van der Waals surface area (Å²) in [4.78, 5) is 96.1. The fourth-order valence-corrected chi connectivity index (χ4v) is 12.7. The van der Waals surface area contributed by atoms with Crippen LogP contribution in [-0.2, 0) is 71.4 Å². The lowest BCUT2D eigenvalue weighted by atomic mass is 9.33. The van der Waals surface area contributed by atoms with E-state index in [4.69, 9.17) is 47.0 Å². The molecule has 1 aromatic heterocycles. The van der Waals surface area contributed by atoms with Crippen LogP contribution in [0.1, 0.15) is 91.4 Å². The molecular weight excluding hydrogens is 728 g/mol. The predicted octanol–water partition coefficient (Wildman–Crippen LogP) is 2.74. The summed E-state index contributed by atoms with van der Waals surface area (Å²) in [6.45, 7) is 11.0. The van der Waals surface area contributed by atoms with E-state index in [1.807, 2.05) is 0 Å². The van der Waals surface area contributed by atoms with Gasteiger partial charge in [-0.3, -0.25) is 33.6 Å². The van der Waals surface area contributed by atoms with E-state index in [0.717, 1.165) is 27.9 Å². The van der Waals surface area contributed by atoms with Crippen LogP contribution in [0.4, 0.5) is 0 Å². The van der Waals surface area contributed by atoms with Crippen LogP contribution in [0.5, 0.6) is 0 Å². The van der Waals surface area contributed by atoms with Crippen molar-refractivity contribution in [2.24, 2.45) is 28.1 Å². The summed E-state index contributed by atoms with van der Waals surface area (Å²) in [7, 11) is 2.36. The molecule has 300 valence electrons. The van der Waals surface area contributed by atoms with Gasteiger partial charge in [0.1, 0.15) is 18.0 Å². The Morgan fingerprint density at radius 1 is 0.745 bits per heavy atom. The minimum absolute atomic E-state index is 0.0872. The largest absolute Gasteiger partial charge is 0.472 e. The molecule has 2 saturated heterocycles. The van der Waals surface area contributed by atoms with Crippen molar-refractivity contribution in [3.8, 4) is 0 Å². The smallest absolute Gasteiger partial charge is 0.305 e. The molecule has 6 fully saturated rings. The second-order valence-electron chi connectivity index (χ2n) is 16.5. The molecule has 1 aromatic rings. The molecular formula is C38H46O17. The summed E-state index contributed by atoms with van der Waals surface area (Å²) < 4.78 is 62.3. The molecule has 0 aromatic carbocycles. The molecule has 0 amide bonds. The van der Waals surface area contributed by atoms with Crippen LogP contribution in [0.15, 0.2) is 23.0 Å². The van der Waals surface area contributed by atoms with Crippen molar-refractivity contribution in [2.75, 3.05) is 14.2 Å². The van der Waals surface area contributed by atoms with Crippen LogP contribution in [0.2, 0.25) is 0 Å². The summed E-state index contributed by atoms with van der Waals surface area (Å²) in [5.74, 6) is -10.1. The molecule has 4 aliphatic carbocycles. The van der Waals surface area contributed by atoms with E-state index in [1.165, 1.54) is 39.5 Å². The quantitative estimate of drug-likeness (QED) is 0.190. The van der Waals surface area contributed by atoms with Gasteiger partial charge in [-0.05, 0) is 18.4 Å². The van der Waals surface area contributed by atoms with Crippen molar-refractivity contribution in [3.05, 3.63) is 24.2 Å². The number of ether oxygens (including phenoxy) is 9.